The van der Waals surface area contributed by atoms with Crippen LogP contribution in [0.25, 0.3) is 0 Å². The minimum absolute atomic E-state index is 0.594. The van der Waals surface area contributed by atoms with Crippen molar-refractivity contribution >= 4 is 5.69 Å². The molecule has 0 radical (unpaired) electrons. The molecule has 0 N–H and O–H groups in total. The fraction of sp³-hybridized carbons (Fsp3) is 0.500. The average molecular weight is 263 g/mol. The number of anilines is 1. The zero-order chi connectivity index (χ0) is 14.1. The Balaban J connectivity index is 3.14. The Morgan fingerprint density at radius 2 is 1.68 bits per heavy atom. The molecule has 19 heavy (non-hydrogen) atoms. The maximum Gasteiger partial charge on any atom is 0.255 e. The number of para-hydroxylation sites is 1. The topological polar surface area (TPSA) is 21.7 Å². The number of nitrogens with zero attached hydrogens (tertiary/aromatic N) is 1. The minimum atomic E-state index is -0.763. The summed E-state index contributed by atoms with van der Waals surface area (Å²) in [5.41, 5.74) is 1.02. The first kappa shape index (κ1) is 15.7. The molecule has 106 valence electrons. The summed E-state index contributed by atoms with van der Waals surface area (Å²) in [6, 6.07) is 10.1. The maximum absolute atomic E-state index is 5.95. The van der Waals surface area contributed by atoms with Crippen LogP contribution in [-0.4, -0.2) is 19.1 Å². The zero-order valence-electron chi connectivity index (χ0n) is 12.3. The van der Waals surface area contributed by atoms with E-state index in [1.165, 1.54) is 0 Å². The first-order valence-corrected chi connectivity index (χ1v) is 6.98. The summed E-state index contributed by atoms with van der Waals surface area (Å²) in [5, 5.41) is 0. The van der Waals surface area contributed by atoms with Gasteiger partial charge in [-0.1, -0.05) is 31.7 Å². The van der Waals surface area contributed by atoms with Gasteiger partial charge in [-0.25, -0.2) is 0 Å². The number of ether oxygens (including phenoxy) is 2. The molecule has 0 atom stereocenters. The smallest absolute Gasteiger partial charge is 0.255 e. The predicted molar refractivity (Wildman–Crippen MR) is 80.0 cm³/mol. The molecule has 0 saturated heterocycles. The number of hydrogen-bond acceptors (Lipinski definition) is 3. The lowest BCUT2D eigenvalue weighted by molar-refractivity contribution is -0.232. The molecule has 0 saturated carbocycles. The molecule has 0 aliphatic carbocycles. The highest BCUT2D eigenvalue weighted by Gasteiger charge is 2.36. The van der Waals surface area contributed by atoms with Crippen molar-refractivity contribution in [3.63, 3.8) is 0 Å². The summed E-state index contributed by atoms with van der Waals surface area (Å²) in [6.45, 7) is 11.2. The summed E-state index contributed by atoms with van der Waals surface area (Å²) < 4.78 is 11.9. The highest BCUT2D eigenvalue weighted by atomic mass is 16.7. The molecular weight excluding hydrogens is 238 g/mol. The van der Waals surface area contributed by atoms with Gasteiger partial charge in [-0.3, -0.25) is 4.90 Å². The largest absolute Gasteiger partial charge is 0.333 e. The van der Waals surface area contributed by atoms with Gasteiger partial charge in [0.15, 0.2) is 0 Å². The third kappa shape index (κ3) is 3.82. The van der Waals surface area contributed by atoms with E-state index >= 15 is 0 Å². The van der Waals surface area contributed by atoms with Gasteiger partial charge in [0.05, 0.1) is 0 Å². The van der Waals surface area contributed by atoms with Crippen molar-refractivity contribution in [2.75, 3.05) is 18.1 Å². The Morgan fingerprint density at radius 1 is 1.11 bits per heavy atom. The standard InChI is InChI=1S/C16H25NO2/c1-5-14-16(18-7-3,19-8-4)17(6-2)15-12-10-9-11-13-15/h6,9-13H,2,5,7-8,14H2,1,3-4H3. The number of benzene rings is 1. The van der Waals surface area contributed by atoms with Crippen LogP contribution in [0.2, 0.25) is 0 Å². The van der Waals surface area contributed by atoms with Gasteiger partial charge in [0.1, 0.15) is 0 Å². The van der Waals surface area contributed by atoms with Crippen molar-refractivity contribution in [3.8, 4) is 0 Å². The summed E-state index contributed by atoms with van der Waals surface area (Å²) in [7, 11) is 0. The summed E-state index contributed by atoms with van der Waals surface area (Å²) >= 11 is 0. The van der Waals surface area contributed by atoms with Gasteiger partial charge in [-0.05, 0) is 32.4 Å². The van der Waals surface area contributed by atoms with Crippen LogP contribution in [0, 0.1) is 0 Å². The van der Waals surface area contributed by atoms with Gasteiger partial charge >= 0.3 is 0 Å². The molecule has 3 nitrogen and oxygen atoms in total. The van der Waals surface area contributed by atoms with E-state index in [2.05, 4.69) is 13.5 Å². The fourth-order valence-corrected chi connectivity index (χ4v) is 2.24. The first-order chi connectivity index (χ1) is 9.24. The lowest BCUT2D eigenvalue weighted by Crippen LogP contribution is -2.50. The Morgan fingerprint density at radius 3 is 2.11 bits per heavy atom. The van der Waals surface area contributed by atoms with E-state index in [1.54, 1.807) is 6.20 Å². The Labute approximate surface area is 116 Å². The molecule has 0 heterocycles. The van der Waals surface area contributed by atoms with Crippen LogP contribution in [0.3, 0.4) is 0 Å². The van der Waals surface area contributed by atoms with E-state index in [9.17, 15) is 0 Å². The number of hydrogen-bond donors (Lipinski definition) is 0. The molecular formula is C16H25NO2. The predicted octanol–water partition coefficient (Wildman–Crippen LogP) is 4.16. The number of rotatable bonds is 9. The van der Waals surface area contributed by atoms with Gasteiger partial charge in [0, 0.05) is 31.5 Å². The van der Waals surface area contributed by atoms with Crippen molar-refractivity contribution in [3.05, 3.63) is 43.1 Å². The van der Waals surface area contributed by atoms with Crippen LogP contribution in [0.15, 0.2) is 43.1 Å². The van der Waals surface area contributed by atoms with E-state index in [0.29, 0.717) is 13.2 Å². The van der Waals surface area contributed by atoms with E-state index in [-0.39, 0.29) is 0 Å². The summed E-state index contributed by atoms with van der Waals surface area (Å²) in [4.78, 5) is 1.98. The molecule has 1 aromatic rings. The molecule has 1 rings (SSSR count). The lowest BCUT2D eigenvalue weighted by Gasteiger charge is -2.42. The van der Waals surface area contributed by atoms with Gasteiger partial charge in [0.2, 0.25) is 0 Å². The Bertz CT molecular complexity index is 347. The first-order valence-electron chi connectivity index (χ1n) is 6.98. The van der Waals surface area contributed by atoms with Crippen LogP contribution in [0.4, 0.5) is 5.69 Å². The molecule has 0 aliphatic heterocycles. The maximum atomic E-state index is 5.95. The third-order valence-electron chi connectivity index (χ3n) is 2.89. The molecule has 0 spiro atoms. The monoisotopic (exact) mass is 263 g/mol. The lowest BCUT2D eigenvalue weighted by atomic mass is 10.2. The van der Waals surface area contributed by atoms with E-state index < -0.39 is 5.91 Å². The third-order valence-corrected chi connectivity index (χ3v) is 2.89. The van der Waals surface area contributed by atoms with Gasteiger partial charge < -0.3 is 9.47 Å². The summed E-state index contributed by atoms with van der Waals surface area (Å²) in [6.07, 6.45) is 3.53. The second-order valence-electron chi connectivity index (χ2n) is 4.22. The molecule has 3 heteroatoms. The highest BCUT2D eigenvalue weighted by molar-refractivity contribution is 5.50. The van der Waals surface area contributed by atoms with E-state index in [4.69, 9.17) is 9.47 Å². The second-order valence-corrected chi connectivity index (χ2v) is 4.22. The minimum Gasteiger partial charge on any atom is -0.333 e. The summed E-state index contributed by atoms with van der Waals surface area (Å²) in [5.74, 6) is -0.763. The Hall–Kier alpha value is -1.32. The van der Waals surface area contributed by atoms with Gasteiger partial charge in [-0.15, -0.1) is 0 Å². The Kier molecular flexibility index (Phi) is 6.60. The molecule has 0 unspecified atom stereocenters. The van der Waals surface area contributed by atoms with Crippen LogP contribution in [-0.2, 0) is 9.47 Å². The van der Waals surface area contributed by atoms with Gasteiger partial charge in [0.25, 0.3) is 5.91 Å². The molecule has 0 aliphatic rings. The average Bonchev–Trinajstić information content (AvgIpc) is 2.41. The molecule has 0 aromatic heterocycles. The quantitative estimate of drug-likeness (QED) is 0.624. The van der Waals surface area contributed by atoms with Crippen molar-refractivity contribution in [1.82, 2.24) is 0 Å². The normalized spacial score (nSPS) is 11.3. The van der Waals surface area contributed by atoms with E-state index in [1.807, 2.05) is 49.1 Å². The zero-order valence-corrected chi connectivity index (χ0v) is 12.3. The molecule has 0 amide bonds. The molecule has 0 bridgehead atoms. The fourth-order valence-electron chi connectivity index (χ4n) is 2.24. The SMILES string of the molecule is C=CN(c1ccccc1)C(CCC)(OCC)OCC. The highest BCUT2D eigenvalue weighted by Crippen LogP contribution is 2.31. The van der Waals surface area contributed by atoms with Crippen LogP contribution >= 0.6 is 0 Å². The molecule has 1 aromatic carbocycles. The van der Waals surface area contributed by atoms with Gasteiger partial charge in [-0.2, -0.15) is 0 Å². The van der Waals surface area contributed by atoms with Crippen LogP contribution in [0.1, 0.15) is 33.6 Å². The second kappa shape index (κ2) is 7.97. The van der Waals surface area contributed by atoms with Crippen molar-refractivity contribution < 1.29 is 9.47 Å². The van der Waals surface area contributed by atoms with Crippen molar-refractivity contribution in [1.29, 1.82) is 0 Å². The molecule has 0 fully saturated rings. The van der Waals surface area contributed by atoms with Crippen molar-refractivity contribution in [2.24, 2.45) is 0 Å². The van der Waals surface area contributed by atoms with Crippen LogP contribution in [0.5, 0.6) is 0 Å². The van der Waals surface area contributed by atoms with Crippen molar-refractivity contribution in [2.45, 2.75) is 39.5 Å². The van der Waals surface area contributed by atoms with E-state index in [0.717, 1.165) is 18.5 Å². The van der Waals surface area contributed by atoms with Crippen LogP contribution < -0.4 is 4.90 Å².